The normalized spacial score (nSPS) is 19.6. The number of benzene rings is 1. The number of hydrogen-bond acceptors (Lipinski definition) is 6. The fraction of sp³-hybridized carbons (Fsp3) is 0.542. The van der Waals surface area contributed by atoms with Gasteiger partial charge in [-0.05, 0) is 19.4 Å². The van der Waals surface area contributed by atoms with Gasteiger partial charge in [-0.2, -0.15) is 0 Å². The van der Waals surface area contributed by atoms with E-state index in [2.05, 4.69) is 65.2 Å². The van der Waals surface area contributed by atoms with Crippen LogP contribution in [0.25, 0.3) is 0 Å². The van der Waals surface area contributed by atoms with Crippen molar-refractivity contribution in [3.05, 3.63) is 53.0 Å². The molecule has 2 aliphatic heterocycles. The Morgan fingerprint density at radius 2 is 1.87 bits per heavy atom. The van der Waals surface area contributed by atoms with Crippen molar-refractivity contribution in [1.82, 2.24) is 20.2 Å². The highest BCUT2D eigenvalue weighted by molar-refractivity contribution is 5.84. The van der Waals surface area contributed by atoms with E-state index in [4.69, 9.17) is 4.74 Å². The number of rotatable bonds is 6. The quantitative estimate of drug-likeness (QED) is 0.771. The number of ether oxygens (including phenoxy) is 1. The zero-order valence-electron chi connectivity index (χ0n) is 19.0. The second-order valence-corrected chi connectivity index (χ2v) is 8.85. The standard InChI is InChI=1S/C24H33N5O2/c1-16(2)25-13-20(19-7-5-17(3)6-8-19)24(30)29-11-9-28(10-12-29)23-22-18(4)31-14-21(22)26-15-27-23/h5-8,15-16,18,20,25H,9-14H2,1-4H3. The zero-order chi connectivity index (χ0) is 22.0. The summed E-state index contributed by atoms with van der Waals surface area (Å²) in [6.45, 7) is 12.4. The van der Waals surface area contributed by atoms with Crippen molar-refractivity contribution in [2.75, 3.05) is 37.6 Å². The molecule has 0 aliphatic carbocycles. The molecule has 1 aromatic heterocycles. The summed E-state index contributed by atoms with van der Waals surface area (Å²) in [5.74, 6) is 0.978. The maximum Gasteiger partial charge on any atom is 0.231 e. The number of fused-ring (bicyclic) bond motifs is 1. The van der Waals surface area contributed by atoms with E-state index in [0.29, 0.717) is 32.3 Å². The summed E-state index contributed by atoms with van der Waals surface area (Å²) in [5, 5.41) is 3.46. The first-order chi connectivity index (χ1) is 14.9. The minimum atomic E-state index is -0.175. The van der Waals surface area contributed by atoms with E-state index in [9.17, 15) is 4.79 Å². The summed E-state index contributed by atoms with van der Waals surface area (Å²) in [6, 6.07) is 8.68. The van der Waals surface area contributed by atoms with Crippen LogP contribution in [-0.4, -0.2) is 59.5 Å². The van der Waals surface area contributed by atoms with Crippen LogP contribution >= 0.6 is 0 Å². The Kier molecular flexibility index (Phi) is 6.53. The van der Waals surface area contributed by atoms with Gasteiger partial charge in [0.1, 0.15) is 12.1 Å². The third-order valence-electron chi connectivity index (χ3n) is 6.22. The highest BCUT2D eigenvalue weighted by Crippen LogP contribution is 2.35. The van der Waals surface area contributed by atoms with Crippen molar-refractivity contribution in [3.8, 4) is 0 Å². The summed E-state index contributed by atoms with van der Waals surface area (Å²) in [5.41, 5.74) is 4.36. The summed E-state index contributed by atoms with van der Waals surface area (Å²) in [7, 11) is 0. The molecular weight excluding hydrogens is 390 g/mol. The highest BCUT2D eigenvalue weighted by Gasteiger charge is 2.32. The van der Waals surface area contributed by atoms with E-state index in [1.54, 1.807) is 6.33 Å². The molecule has 1 aromatic carbocycles. The molecule has 4 rings (SSSR count). The van der Waals surface area contributed by atoms with Crippen LogP contribution in [0, 0.1) is 6.92 Å². The third-order valence-corrected chi connectivity index (χ3v) is 6.22. The Labute approximate surface area is 184 Å². The molecule has 3 heterocycles. The largest absolute Gasteiger partial charge is 0.367 e. The van der Waals surface area contributed by atoms with Crippen LogP contribution in [0.3, 0.4) is 0 Å². The van der Waals surface area contributed by atoms with Crippen LogP contribution in [0.4, 0.5) is 5.82 Å². The third kappa shape index (κ3) is 4.72. The first kappa shape index (κ1) is 21.7. The predicted octanol–water partition coefficient (Wildman–Crippen LogP) is 2.81. The maximum atomic E-state index is 13.5. The molecule has 2 unspecified atom stereocenters. The van der Waals surface area contributed by atoms with E-state index in [1.807, 2.05) is 11.8 Å². The molecule has 31 heavy (non-hydrogen) atoms. The fourth-order valence-electron chi connectivity index (χ4n) is 4.35. The monoisotopic (exact) mass is 423 g/mol. The summed E-state index contributed by atoms with van der Waals surface area (Å²) in [4.78, 5) is 26.7. The van der Waals surface area contributed by atoms with Crippen LogP contribution in [0.15, 0.2) is 30.6 Å². The molecule has 1 amide bonds. The Balaban J connectivity index is 1.46. The smallest absolute Gasteiger partial charge is 0.231 e. The maximum absolute atomic E-state index is 13.5. The topological polar surface area (TPSA) is 70.6 Å². The van der Waals surface area contributed by atoms with Crippen molar-refractivity contribution in [2.45, 2.75) is 52.4 Å². The number of nitrogens with one attached hydrogen (secondary N) is 1. The van der Waals surface area contributed by atoms with Gasteiger partial charge in [-0.3, -0.25) is 4.79 Å². The lowest BCUT2D eigenvalue weighted by Crippen LogP contribution is -2.51. The highest BCUT2D eigenvalue weighted by atomic mass is 16.5. The number of aromatic nitrogens is 2. The minimum absolute atomic E-state index is 0.0129. The van der Waals surface area contributed by atoms with Gasteiger partial charge in [0.2, 0.25) is 5.91 Å². The van der Waals surface area contributed by atoms with Crippen LogP contribution in [0.2, 0.25) is 0 Å². The number of amides is 1. The second-order valence-electron chi connectivity index (χ2n) is 8.85. The van der Waals surface area contributed by atoms with Gasteiger partial charge in [0.25, 0.3) is 0 Å². The summed E-state index contributed by atoms with van der Waals surface area (Å²) < 4.78 is 5.75. The Morgan fingerprint density at radius 3 is 2.55 bits per heavy atom. The lowest BCUT2D eigenvalue weighted by molar-refractivity contribution is -0.133. The van der Waals surface area contributed by atoms with Gasteiger partial charge in [0.15, 0.2) is 0 Å². The number of carbonyl (C=O) groups excluding carboxylic acids is 1. The van der Waals surface area contributed by atoms with E-state index in [1.165, 1.54) is 5.56 Å². The molecule has 2 atom stereocenters. The van der Waals surface area contributed by atoms with Crippen molar-refractivity contribution < 1.29 is 9.53 Å². The van der Waals surface area contributed by atoms with Gasteiger partial charge in [-0.25, -0.2) is 9.97 Å². The Bertz CT molecular complexity index is 907. The average molecular weight is 424 g/mol. The van der Waals surface area contributed by atoms with Gasteiger partial charge in [-0.1, -0.05) is 43.7 Å². The van der Waals surface area contributed by atoms with Crippen molar-refractivity contribution in [1.29, 1.82) is 0 Å². The number of aryl methyl sites for hydroxylation is 1. The molecule has 166 valence electrons. The second kappa shape index (κ2) is 9.32. The molecule has 2 aromatic rings. The summed E-state index contributed by atoms with van der Waals surface area (Å²) in [6.07, 6.45) is 1.64. The van der Waals surface area contributed by atoms with E-state index in [0.717, 1.165) is 35.7 Å². The number of nitrogens with zero attached hydrogens (tertiary/aromatic N) is 4. The number of hydrogen-bond donors (Lipinski definition) is 1. The predicted molar refractivity (Wildman–Crippen MR) is 121 cm³/mol. The molecule has 1 N–H and O–H groups in total. The van der Waals surface area contributed by atoms with Gasteiger partial charge in [0.05, 0.1) is 24.3 Å². The van der Waals surface area contributed by atoms with Gasteiger partial charge >= 0.3 is 0 Å². The minimum Gasteiger partial charge on any atom is -0.367 e. The molecule has 7 nitrogen and oxygen atoms in total. The molecule has 2 aliphatic rings. The van der Waals surface area contributed by atoms with Gasteiger partial charge in [-0.15, -0.1) is 0 Å². The Hall–Kier alpha value is -2.51. The summed E-state index contributed by atoms with van der Waals surface area (Å²) >= 11 is 0. The SMILES string of the molecule is Cc1ccc(C(CNC(C)C)C(=O)N2CCN(c3ncnc4c3C(C)OC4)CC2)cc1. The molecule has 0 radical (unpaired) electrons. The average Bonchev–Trinajstić information content (AvgIpc) is 3.16. The van der Waals surface area contributed by atoms with Crippen LogP contribution < -0.4 is 10.2 Å². The van der Waals surface area contributed by atoms with Crippen LogP contribution in [0.5, 0.6) is 0 Å². The van der Waals surface area contributed by atoms with Crippen molar-refractivity contribution in [2.24, 2.45) is 0 Å². The molecule has 0 spiro atoms. The van der Waals surface area contributed by atoms with Gasteiger partial charge in [0, 0.05) is 44.3 Å². The number of piperazine rings is 1. The van der Waals surface area contributed by atoms with E-state index >= 15 is 0 Å². The molecule has 0 bridgehead atoms. The fourth-order valence-corrected chi connectivity index (χ4v) is 4.35. The van der Waals surface area contributed by atoms with E-state index in [-0.39, 0.29) is 17.9 Å². The van der Waals surface area contributed by atoms with Crippen molar-refractivity contribution >= 4 is 11.7 Å². The Morgan fingerprint density at radius 1 is 1.16 bits per heavy atom. The molecular formula is C24H33N5O2. The first-order valence-electron chi connectivity index (χ1n) is 11.2. The number of anilines is 1. The first-order valence-corrected chi connectivity index (χ1v) is 11.2. The zero-order valence-corrected chi connectivity index (χ0v) is 19.0. The molecule has 1 saturated heterocycles. The van der Waals surface area contributed by atoms with E-state index < -0.39 is 0 Å². The molecule has 1 fully saturated rings. The van der Waals surface area contributed by atoms with Gasteiger partial charge < -0.3 is 19.9 Å². The van der Waals surface area contributed by atoms with Crippen LogP contribution in [-0.2, 0) is 16.1 Å². The number of carbonyl (C=O) groups is 1. The molecule has 0 saturated carbocycles. The molecule has 7 heteroatoms. The van der Waals surface area contributed by atoms with Crippen LogP contribution in [0.1, 0.15) is 55.2 Å². The lowest BCUT2D eigenvalue weighted by atomic mass is 9.95. The van der Waals surface area contributed by atoms with Crippen molar-refractivity contribution in [3.63, 3.8) is 0 Å². The lowest BCUT2D eigenvalue weighted by Gasteiger charge is -2.38.